The summed E-state index contributed by atoms with van der Waals surface area (Å²) in [6.45, 7) is 4.76. The van der Waals surface area contributed by atoms with Gasteiger partial charge in [0.05, 0.1) is 14.2 Å². The molecule has 0 spiro atoms. The van der Waals surface area contributed by atoms with Crippen LogP contribution in [0.3, 0.4) is 0 Å². The van der Waals surface area contributed by atoms with Crippen LogP contribution in [0.15, 0.2) is 0 Å². The van der Waals surface area contributed by atoms with Crippen molar-refractivity contribution >= 4 is 18.2 Å². The molecule has 0 unspecified atom stereocenters. The van der Waals surface area contributed by atoms with Crippen LogP contribution in [0.25, 0.3) is 0 Å². The van der Waals surface area contributed by atoms with E-state index >= 15 is 0 Å². The second kappa shape index (κ2) is 5.51. The Hall–Kier alpha value is -1.79. The van der Waals surface area contributed by atoms with E-state index in [1.165, 1.54) is 0 Å². The minimum Gasteiger partial charge on any atom is -0.480 e. The van der Waals surface area contributed by atoms with Gasteiger partial charge in [0, 0.05) is 0 Å². The number of hydrogen-bond acceptors (Lipinski definition) is 5. The second-order valence-electron chi connectivity index (χ2n) is 4.42. The van der Waals surface area contributed by atoms with Crippen molar-refractivity contribution in [2.24, 2.45) is 5.41 Å². The smallest absolute Gasteiger partial charge is 0.419 e. The minimum absolute atomic E-state index is 0.447. The van der Waals surface area contributed by atoms with Crippen molar-refractivity contribution in [1.29, 1.82) is 0 Å². The largest absolute Gasteiger partial charge is 0.480 e. The molecule has 0 bridgehead atoms. The second-order valence-corrected chi connectivity index (χ2v) is 4.42. The molecule has 1 atom stereocenters. The predicted molar refractivity (Wildman–Crippen MR) is 57.5 cm³/mol. The van der Waals surface area contributed by atoms with Gasteiger partial charge in [0.15, 0.2) is 0 Å². The maximum atomic E-state index is 11.4. The fourth-order valence-electron chi connectivity index (χ4n) is 1.35. The van der Waals surface area contributed by atoms with Gasteiger partial charge in [0.1, 0.15) is 6.04 Å². The Morgan fingerprint density at radius 2 is 1.41 bits per heavy atom. The average molecular weight is 247 g/mol. The van der Waals surface area contributed by atoms with Crippen LogP contribution in [0, 0.1) is 5.41 Å². The van der Waals surface area contributed by atoms with Crippen LogP contribution in [-0.4, -0.2) is 48.4 Å². The van der Waals surface area contributed by atoms with Crippen molar-refractivity contribution in [2.75, 3.05) is 14.2 Å². The lowest BCUT2D eigenvalue weighted by Crippen LogP contribution is -2.54. The van der Waals surface area contributed by atoms with E-state index in [-0.39, 0.29) is 0 Å². The number of carboxylic acid groups (broad SMARTS) is 1. The van der Waals surface area contributed by atoms with Crippen LogP contribution in [-0.2, 0) is 14.3 Å². The van der Waals surface area contributed by atoms with E-state index in [0.717, 1.165) is 14.2 Å². The van der Waals surface area contributed by atoms with Crippen LogP contribution < -0.4 is 0 Å². The van der Waals surface area contributed by atoms with Gasteiger partial charge in [-0.15, -0.1) is 0 Å². The third-order valence-electron chi connectivity index (χ3n) is 2.06. The van der Waals surface area contributed by atoms with E-state index in [2.05, 4.69) is 9.47 Å². The van der Waals surface area contributed by atoms with Gasteiger partial charge in [0.25, 0.3) is 0 Å². The van der Waals surface area contributed by atoms with Gasteiger partial charge >= 0.3 is 18.2 Å². The van der Waals surface area contributed by atoms with Crippen LogP contribution in [0.2, 0.25) is 0 Å². The summed E-state index contributed by atoms with van der Waals surface area (Å²) in [6, 6.07) is -1.37. The van der Waals surface area contributed by atoms with Crippen LogP contribution >= 0.6 is 0 Å². The van der Waals surface area contributed by atoms with Crippen LogP contribution in [0.1, 0.15) is 20.8 Å². The van der Waals surface area contributed by atoms with Gasteiger partial charge in [-0.3, -0.25) is 0 Å². The first-order valence-electron chi connectivity index (χ1n) is 4.84. The Morgan fingerprint density at radius 3 is 1.59 bits per heavy atom. The first kappa shape index (κ1) is 15.2. The molecule has 0 radical (unpaired) electrons. The number of carbonyl (C=O) groups excluding carboxylic acids is 2. The molecule has 17 heavy (non-hydrogen) atoms. The lowest BCUT2D eigenvalue weighted by Gasteiger charge is -2.33. The molecular formula is C10H17NO6. The summed E-state index contributed by atoms with van der Waals surface area (Å²) in [5.41, 5.74) is -0.853. The molecule has 7 heteroatoms. The molecule has 7 nitrogen and oxygen atoms in total. The molecule has 0 aromatic carbocycles. The van der Waals surface area contributed by atoms with E-state index in [1.54, 1.807) is 20.8 Å². The first-order chi connectivity index (χ1) is 7.66. The van der Waals surface area contributed by atoms with Crippen LogP contribution in [0.4, 0.5) is 9.59 Å². The van der Waals surface area contributed by atoms with Gasteiger partial charge in [-0.1, -0.05) is 20.8 Å². The Morgan fingerprint density at radius 1 is 1.06 bits per heavy atom. The summed E-state index contributed by atoms with van der Waals surface area (Å²) in [4.78, 5) is 34.5. The number of amides is 2. The van der Waals surface area contributed by atoms with E-state index in [0.29, 0.717) is 4.90 Å². The molecule has 0 aromatic rings. The van der Waals surface area contributed by atoms with Gasteiger partial charge in [-0.05, 0) is 5.41 Å². The Labute approximate surface area is 99.3 Å². The fourth-order valence-corrected chi connectivity index (χ4v) is 1.35. The summed E-state index contributed by atoms with van der Waals surface area (Å²) in [7, 11) is 2.11. The Bertz CT molecular complexity index is 303. The number of carboxylic acids is 1. The summed E-state index contributed by atoms with van der Waals surface area (Å²) in [5.74, 6) is -1.31. The Kier molecular flexibility index (Phi) is 4.93. The molecule has 0 aliphatic heterocycles. The maximum absolute atomic E-state index is 11.4. The number of hydrogen-bond donors (Lipinski definition) is 1. The number of ether oxygens (including phenoxy) is 2. The third kappa shape index (κ3) is 3.61. The standard InChI is InChI=1S/C10H17NO6/c1-10(2,3)6(7(12)13)11(8(14)16-4)9(15)17-5/h6H,1-5H3,(H,12,13)/t6-/m1/s1. The molecule has 0 aliphatic carbocycles. The number of rotatable bonds is 2. The highest BCUT2D eigenvalue weighted by Crippen LogP contribution is 2.25. The van der Waals surface area contributed by atoms with E-state index in [1.807, 2.05) is 0 Å². The zero-order valence-electron chi connectivity index (χ0n) is 10.5. The summed E-state index contributed by atoms with van der Waals surface area (Å²) in [5, 5.41) is 9.11. The number of nitrogens with zero attached hydrogens (tertiary/aromatic N) is 1. The SMILES string of the molecule is COC(=O)N(C(=O)OC)[C@H](C(=O)O)C(C)(C)C. The van der Waals surface area contributed by atoms with Gasteiger partial charge in [-0.2, -0.15) is 4.90 Å². The molecule has 0 rings (SSSR count). The molecule has 98 valence electrons. The quantitative estimate of drug-likeness (QED) is 0.791. The number of imide groups is 1. The molecule has 0 fully saturated rings. The first-order valence-corrected chi connectivity index (χ1v) is 4.84. The van der Waals surface area contributed by atoms with Crippen molar-refractivity contribution in [3.63, 3.8) is 0 Å². The molecule has 1 N–H and O–H groups in total. The van der Waals surface area contributed by atoms with Crippen molar-refractivity contribution in [3.8, 4) is 0 Å². The zero-order chi connectivity index (χ0) is 13.8. The molecule has 0 aliphatic rings. The highest BCUT2D eigenvalue weighted by molar-refractivity contribution is 5.93. The normalized spacial score (nSPS) is 12.5. The lowest BCUT2D eigenvalue weighted by molar-refractivity contribution is -0.146. The Balaban J connectivity index is 5.46. The van der Waals surface area contributed by atoms with Gasteiger partial charge in [0.2, 0.25) is 0 Å². The number of methoxy groups -OCH3 is 2. The molecule has 2 amide bonds. The average Bonchev–Trinajstić information content (AvgIpc) is 2.21. The zero-order valence-corrected chi connectivity index (χ0v) is 10.5. The molecular weight excluding hydrogens is 230 g/mol. The van der Waals surface area contributed by atoms with E-state index in [9.17, 15) is 14.4 Å². The summed E-state index contributed by atoms with van der Waals surface area (Å²) in [6.07, 6.45) is -2.14. The van der Waals surface area contributed by atoms with Crippen molar-refractivity contribution in [3.05, 3.63) is 0 Å². The molecule has 0 saturated heterocycles. The topological polar surface area (TPSA) is 93.1 Å². The molecule has 0 saturated carbocycles. The van der Waals surface area contributed by atoms with Gasteiger partial charge in [-0.25, -0.2) is 14.4 Å². The van der Waals surface area contributed by atoms with Crippen LogP contribution in [0.5, 0.6) is 0 Å². The predicted octanol–water partition coefficient (Wildman–Crippen LogP) is 1.32. The number of carbonyl (C=O) groups is 3. The maximum Gasteiger partial charge on any atom is 0.419 e. The fraction of sp³-hybridized carbons (Fsp3) is 0.700. The minimum atomic E-state index is -1.37. The van der Waals surface area contributed by atoms with E-state index in [4.69, 9.17) is 5.11 Å². The third-order valence-corrected chi connectivity index (χ3v) is 2.06. The summed E-state index contributed by atoms with van der Waals surface area (Å²) < 4.78 is 8.77. The molecule has 0 heterocycles. The lowest BCUT2D eigenvalue weighted by atomic mass is 9.86. The summed E-state index contributed by atoms with van der Waals surface area (Å²) >= 11 is 0. The van der Waals surface area contributed by atoms with E-state index < -0.39 is 29.6 Å². The van der Waals surface area contributed by atoms with Gasteiger partial charge < -0.3 is 14.6 Å². The monoisotopic (exact) mass is 247 g/mol. The highest BCUT2D eigenvalue weighted by Gasteiger charge is 2.44. The van der Waals surface area contributed by atoms with Crippen molar-refractivity contribution < 1.29 is 29.0 Å². The van der Waals surface area contributed by atoms with Crippen molar-refractivity contribution in [2.45, 2.75) is 26.8 Å². The molecule has 0 aromatic heterocycles. The van der Waals surface area contributed by atoms with Crippen molar-refractivity contribution in [1.82, 2.24) is 4.90 Å². The highest BCUT2D eigenvalue weighted by atomic mass is 16.6. The number of aliphatic carboxylic acids is 1.